The van der Waals surface area contributed by atoms with E-state index < -0.39 is 12.1 Å². The summed E-state index contributed by atoms with van der Waals surface area (Å²) in [5.74, 6) is -0.0533. The molecular formula is C69H137NO3. The molecule has 0 aliphatic rings. The lowest BCUT2D eigenvalue weighted by Gasteiger charge is -2.20. The molecule has 0 aliphatic carbocycles. The molecule has 0 saturated heterocycles. The summed E-state index contributed by atoms with van der Waals surface area (Å²) in [5.41, 5.74) is 0. The first-order valence-corrected chi connectivity index (χ1v) is 34.4. The van der Waals surface area contributed by atoms with Gasteiger partial charge in [-0.05, 0) is 19.3 Å². The Hall–Kier alpha value is -0.870. The number of allylic oxidation sites excluding steroid dienone is 1. The average Bonchev–Trinajstić information content (AvgIpc) is 3.40. The lowest BCUT2D eigenvalue weighted by molar-refractivity contribution is -0.123. The van der Waals surface area contributed by atoms with Crippen LogP contribution in [0.15, 0.2) is 12.2 Å². The first-order chi connectivity index (χ1) is 36.2. The van der Waals surface area contributed by atoms with Gasteiger partial charge in [-0.25, -0.2) is 0 Å². The van der Waals surface area contributed by atoms with Gasteiger partial charge in [-0.1, -0.05) is 392 Å². The molecule has 1 amide bonds. The zero-order valence-corrected chi connectivity index (χ0v) is 50.5. The van der Waals surface area contributed by atoms with E-state index in [2.05, 4.69) is 19.2 Å². The molecular weight excluding hydrogens is 891 g/mol. The summed E-state index contributed by atoms with van der Waals surface area (Å²) < 4.78 is 0. The van der Waals surface area contributed by atoms with E-state index in [1.807, 2.05) is 6.08 Å². The average molecular weight is 1030 g/mol. The number of carbonyl (C=O) groups is 1. The van der Waals surface area contributed by atoms with Crippen molar-refractivity contribution in [3.8, 4) is 0 Å². The fraction of sp³-hybridized carbons (Fsp3) is 0.957. The number of unbranched alkanes of at least 4 members (excludes halogenated alkanes) is 58. The zero-order chi connectivity index (χ0) is 52.7. The molecule has 4 nitrogen and oxygen atoms in total. The van der Waals surface area contributed by atoms with Crippen LogP contribution in [0.5, 0.6) is 0 Å². The predicted molar refractivity (Wildman–Crippen MR) is 327 cm³/mol. The number of hydrogen-bond acceptors (Lipinski definition) is 3. The molecule has 0 aliphatic heterocycles. The van der Waals surface area contributed by atoms with Gasteiger partial charge in [0.25, 0.3) is 0 Å². The largest absolute Gasteiger partial charge is 0.394 e. The van der Waals surface area contributed by atoms with Crippen LogP contribution < -0.4 is 5.32 Å². The van der Waals surface area contributed by atoms with Gasteiger partial charge >= 0.3 is 0 Å². The maximum atomic E-state index is 12.5. The first-order valence-electron chi connectivity index (χ1n) is 34.4. The van der Waals surface area contributed by atoms with Crippen molar-refractivity contribution in [2.24, 2.45) is 0 Å². The van der Waals surface area contributed by atoms with Gasteiger partial charge in [0.15, 0.2) is 0 Å². The van der Waals surface area contributed by atoms with E-state index in [1.54, 1.807) is 6.08 Å². The molecule has 0 fully saturated rings. The highest BCUT2D eigenvalue weighted by atomic mass is 16.3. The second-order valence-corrected chi connectivity index (χ2v) is 24.0. The highest BCUT2D eigenvalue weighted by Gasteiger charge is 2.18. The van der Waals surface area contributed by atoms with Crippen LogP contribution in [0.1, 0.15) is 406 Å². The number of hydrogen-bond donors (Lipinski definition) is 3. The Morgan fingerprint density at radius 2 is 0.507 bits per heavy atom. The molecule has 0 aromatic heterocycles. The summed E-state index contributed by atoms with van der Waals surface area (Å²) in [6, 6.07) is -0.620. The van der Waals surface area contributed by atoms with Gasteiger partial charge in [0.1, 0.15) is 0 Å². The number of aliphatic hydroxyl groups is 2. The van der Waals surface area contributed by atoms with Crippen LogP contribution in [0.4, 0.5) is 0 Å². The maximum absolute atomic E-state index is 12.5. The minimum Gasteiger partial charge on any atom is -0.394 e. The lowest BCUT2D eigenvalue weighted by Crippen LogP contribution is -2.45. The SMILES string of the molecule is CCCCCCCCCCCCCCCCCCCCCCCCCCCCCCCCC/C=C/C(O)C(CO)NC(=O)CCCCCCCCCCCCCCCCCCCCCCCCCCCCCC. The molecule has 0 rings (SSSR count). The standard InChI is InChI=1S/C69H137NO3/c1-3-5-7-9-11-13-15-17-19-21-23-25-27-29-31-33-34-35-36-37-38-40-42-44-46-48-50-52-54-56-58-60-62-64-68(72)67(66-71)70-69(73)65-63-61-59-57-55-53-51-49-47-45-43-41-39-32-30-28-26-24-22-20-18-16-14-12-10-8-6-4-2/h62,64,67-68,71-72H,3-61,63,65-66H2,1-2H3,(H,70,73)/b64-62+. The summed E-state index contributed by atoms with van der Waals surface area (Å²) in [4.78, 5) is 12.5. The van der Waals surface area contributed by atoms with Crippen molar-refractivity contribution < 1.29 is 15.0 Å². The highest BCUT2D eigenvalue weighted by molar-refractivity contribution is 5.76. The number of rotatable bonds is 65. The van der Waals surface area contributed by atoms with E-state index >= 15 is 0 Å². The quantitative estimate of drug-likeness (QED) is 0.0420. The Labute approximate surface area is 460 Å². The van der Waals surface area contributed by atoms with Gasteiger partial charge in [-0.15, -0.1) is 0 Å². The summed E-state index contributed by atoms with van der Waals surface area (Å²) in [5, 5.41) is 23.3. The summed E-state index contributed by atoms with van der Waals surface area (Å²) in [6.45, 7) is 4.37. The number of aliphatic hydroxyl groups excluding tert-OH is 2. The Balaban J connectivity index is 3.39. The fourth-order valence-electron chi connectivity index (χ4n) is 11.3. The molecule has 0 aromatic rings. The Morgan fingerprint density at radius 1 is 0.315 bits per heavy atom. The van der Waals surface area contributed by atoms with Crippen molar-refractivity contribution >= 4 is 5.91 Å². The molecule has 436 valence electrons. The molecule has 0 aromatic carbocycles. The Kier molecular flexibility index (Phi) is 64.6. The third-order valence-corrected chi connectivity index (χ3v) is 16.5. The minimum atomic E-state index is -0.837. The van der Waals surface area contributed by atoms with Crippen molar-refractivity contribution in [2.75, 3.05) is 6.61 Å². The fourth-order valence-corrected chi connectivity index (χ4v) is 11.3. The second kappa shape index (κ2) is 65.4. The summed E-state index contributed by atoms with van der Waals surface area (Å²) in [6.07, 6.45) is 87.3. The molecule has 0 heterocycles. The minimum absolute atomic E-state index is 0.0533. The zero-order valence-electron chi connectivity index (χ0n) is 50.5. The molecule has 0 saturated carbocycles. The molecule has 2 unspecified atom stereocenters. The van der Waals surface area contributed by atoms with Crippen molar-refractivity contribution in [1.82, 2.24) is 5.32 Å². The van der Waals surface area contributed by atoms with Crippen LogP contribution in [0.25, 0.3) is 0 Å². The second-order valence-electron chi connectivity index (χ2n) is 24.0. The molecule has 0 radical (unpaired) electrons. The van der Waals surface area contributed by atoms with E-state index in [1.165, 1.54) is 360 Å². The van der Waals surface area contributed by atoms with E-state index in [9.17, 15) is 15.0 Å². The predicted octanol–water partition coefficient (Wildman–Crippen LogP) is 23.2. The Morgan fingerprint density at radius 3 is 0.712 bits per heavy atom. The van der Waals surface area contributed by atoms with Gasteiger partial charge in [0.05, 0.1) is 18.8 Å². The number of nitrogens with one attached hydrogen (secondary N) is 1. The third-order valence-electron chi connectivity index (χ3n) is 16.5. The molecule has 0 bridgehead atoms. The van der Waals surface area contributed by atoms with Crippen LogP contribution in [0.2, 0.25) is 0 Å². The highest BCUT2D eigenvalue weighted by Crippen LogP contribution is 2.20. The van der Waals surface area contributed by atoms with Gasteiger partial charge in [-0.3, -0.25) is 4.79 Å². The van der Waals surface area contributed by atoms with Gasteiger partial charge in [0.2, 0.25) is 5.91 Å². The van der Waals surface area contributed by atoms with Crippen LogP contribution in [-0.2, 0) is 4.79 Å². The van der Waals surface area contributed by atoms with Crippen molar-refractivity contribution in [3.05, 3.63) is 12.2 Å². The molecule has 73 heavy (non-hydrogen) atoms. The van der Waals surface area contributed by atoms with Crippen molar-refractivity contribution in [3.63, 3.8) is 0 Å². The number of amides is 1. The van der Waals surface area contributed by atoms with E-state index in [0.29, 0.717) is 6.42 Å². The van der Waals surface area contributed by atoms with Crippen LogP contribution in [-0.4, -0.2) is 34.9 Å². The maximum Gasteiger partial charge on any atom is 0.220 e. The summed E-state index contributed by atoms with van der Waals surface area (Å²) >= 11 is 0. The molecule has 2 atom stereocenters. The molecule has 4 heteroatoms. The van der Waals surface area contributed by atoms with Crippen molar-refractivity contribution in [1.29, 1.82) is 0 Å². The van der Waals surface area contributed by atoms with Crippen LogP contribution >= 0.6 is 0 Å². The topological polar surface area (TPSA) is 69.6 Å². The van der Waals surface area contributed by atoms with E-state index in [4.69, 9.17) is 0 Å². The van der Waals surface area contributed by atoms with Crippen LogP contribution in [0.3, 0.4) is 0 Å². The van der Waals surface area contributed by atoms with E-state index in [0.717, 1.165) is 25.7 Å². The molecule has 0 spiro atoms. The number of carbonyl (C=O) groups excluding carboxylic acids is 1. The first kappa shape index (κ1) is 72.1. The van der Waals surface area contributed by atoms with Crippen molar-refractivity contribution in [2.45, 2.75) is 418 Å². The lowest BCUT2D eigenvalue weighted by atomic mass is 10.0. The van der Waals surface area contributed by atoms with Crippen LogP contribution in [0, 0.1) is 0 Å². The van der Waals surface area contributed by atoms with Gasteiger partial charge in [0, 0.05) is 6.42 Å². The van der Waals surface area contributed by atoms with Gasteiger partial charge in [-0.2, -0.15) is 0 Å². The molecule has 3 N–H and O–H groups in total. The third kappa shape index (κ3) is 61.9. The smallest absolute Gasteiger partial charge is 0.220 e. The van der Waals surface area contributed by atoms with E-state index in [-0.39, 0.29) is 12.5 Å². The summed E-state index contributed by atoms with van der Waals surface area (Å²) in [7, 11) is 0. The Bertz CT molecular complexity index is 1030. The monoisotopic (exact) mass is 1030 g/mol. The van der Waals surface area contributed by atoms with Gasteiger partial charge < -0.3 is 15.5 Å². The normalized spacial score (nSPS) is 12.7.